The van der Waals surface area contributed by atoms with Crippen molar-refractivity contribution < 1.29 is 14.5 Å². The molecule has 1 saturated heterocycles. The number of rotatable bonds is 6. The maximum absolute atomic E-state index is 12.0. The molecule has 1 N–H and O–H groups in total. The smallest absolute Gasteiger partial charge is 0.270 e. The molecule has 1 aromatic carbocycles. The predicted molar refractivity (Wildman–Crippen MR) is 83.3 cm³/mol. The molecular formula is C15H19N3O4. The van der Waals surface area contributed by atoms with Crippen LogP contribution in [0.4, 0.5) is 11.4 Å². The standard InChI is InChI=1S/C15H19N3O4/c1-3-8-22-12-6-7-17(10-12)14-5-4-11(18(20)21)9-13(14)15(19)16-2/h3-5,9,12H,1,6-8,10H2,2H3,(H,16,19). The van der Waals surface area contributed by atoms with Gasteiger partial charge in [-0.25, -0.2) is 0 Å². The topological polar surface area (TPSA) is 84.7 Å². The van der Waals surface area contributed by atoms with Crippen molar-refractivity contribution >= 4 is 17.3 Å². The average molecular weight is 305 g/mol. The molecule has 1 aliphatic heterocycles. The van der Waals surface area contributed by atoms with Gasteiger partial charge in [-0.3, -0.25) is 14.9 Å². The van der Waals surface area contributed by atoms with Crippen LogP contribution >= 0.6 is 0 Å². The molecule has 22 heavy (non-hydrogen) atoms. The van der Waals surface area contributed by atoms with Gasteiger partial charge in [-0.05, 0) is 12.5 Å². The highest BCUT2D eigenvalue weighted by Crippen LogP contribution is 2.29. The second-order valence-electron chi connectivity index (χ2n) is 5.02. The molecule has 0 radical (unpaired) electrons. The lowest BCUT2D eigenvalue weighted by Gasteiger charge is -2.21. The van der Waals surface area contributed by atoms with Gasteiger partial charge in [0.05, 0.1) is 28.9 Å². The molecule has 1 unspecified atom stereocenters. The van der Waals surface area contributed by atoms with Crippen LogP contribution in [0.15, 0.2) is 30.9 Å². The molecule has 0 aromatic heterocycles. The van der Waals surface area contributed by atoms with Gasteiger partial charge in [-0.15, -0.1) is 6.58 Å². The van der Waals surface area contributed by atoms with Gasteiger partial charge >= 0.3 is 0 Å². The molecule has 0 aliphatic carbocycles. The van der Waals surface area contributed by atoms with Gasteiger partial charge in [0.25, 0.3) is 11.6 Å². The van der Waals surface area contributed by atoms with Crippen molar-refractivity contribution in [2.24, 2.45) is 0 Å². The molecule has 118 valence electrons. The highest BCUT2D eigenvalue weighted by atomic mass is 16.6. The van der Waals surface area contributed by atoms with Crippen molar-refractivity contribution in [3.05, 3.63) is 46.5 Å². The van der Waals surface area contributed by atoms with Gasteiger partial charge in [0, 0.05) is 32.3 Å². The van der Waals surface area contributed by atoms with E-state index in [1.165, 1.54) is 19.2 Å². The van der Waals surface area contributed by atoms with Crippen LogP contribution in [-0.4, -0.2) is 43.7 Å². The van der Waals surface area contributed by atoms with Crippen LogP contribution < -0.4 is 10.2 Å². The Bertz CT molecular complexity index is 588. The molecule has 1 fully saturated rings. The summed E-state index contributed by atoms with van der Waals surface area (Å²) < 4.78 is 5.62. The summed E-state index contributed by atoms with van der Waals surface area (Å²) in [5, 5.41) is 13.4. The van der Waals surface area contributed by atoms with Crippen molar-refractivity contribution in [1.82, 2.24) is 5.32 Å². The summed E-state index contributed by atoms with van der Waals surface area (Å²) in [7, 11) is 1.50. The lowest BCUT2D eigenvalue weighted by atomic mass is 10.1. The largest absolute Gasteiger partial charge is 0.372 e. The Morgan fingerprint density at radius 3 is 3.05 bits per heavy atom. The highest BCUT2D eigenvalue weighted by molar-refractivity contribution is 6.00. The molecule has 7 nitrogen and oxygen atoms in total. The van der Waals surface area contributed by atoms with E-state index in [1.54, 1.807) is 12.1 Å². The quantitative estimate of drug-likeness (QED) is 0.491. The highest BCUT2D eigenvalue weighted by Gasteiger charge is 2.27. The molecule has 0 bridgehead atoms. The molecule has 1 aliphatic rings. The first kappa shape index (κ1) is 16.0. The van der Waals surface area contributed by atoms with E-state index in [1.807, 2.05) is 4.90 Å². The van der Waals surface area contributed by atoms with Crippen molar-refractivity contribution in [3.63, 3.8) is 0 Å². The van der Waals surface area contributed by atoms with Crippen LogP contribution in [0.1, 0.15) is 16.8 Å². The van der Waals surface area contributed by atoms with Gasteiger partial charge < -0.3 is 15.0 Å². The summed E-state index contributed by atoms with van der Waals surface area (Å²) in [6.45, 7) is 5.49. The Morgan fingerprint density at radius 1 is 1.64 bits per heavy atom. The molecule has 7 heteroatoms. The number of hydrogen-bond acceptors (Lipinski definition) is 5. The van der Waals surface area contributed by atoms with Crippen LogP contribution in [0.5, 0.6) is 0 Å². The summed E-state index contributed by atoms with van der Waals surface area (Å²) >= 11 is 0. The Labute approximate surface area is 128 Å². The molecular weight excluding hydrogens is 286 g/mol. The zero-order chi connectivity index (χ0) is 16.1. The van der Waals surface area contributed by atoms with Gasteiger partial charge in [-0.2, -0.15) is 0 Å². The summed E-state index contributed by atoms with van der Waals surface area (Å²) in [6.07, 6.45) is 2.62. The first-order chi connectivity index (χ1) is 10.6. The Kier molecular flexibility index (Phi) is 5.11. The van der Waals surface area contributed by atoms with E-state index in [-0.39, 0.29) is 17.7 Å². The molecule has 0 saturated carbocycles. The number of amides is 1. The van der Waals surface area contributed by atoms with Gasteiger partial charge in [0.15, 0.2) is 0 Å². The minimum atomic E-state index is -0.504. The zero-order valence-corrected chi connectivity index (χ0v) is 12.4. The van der Waals surface area contributed by atoms with Crippen molar-refractivity contribution in [2.45, 2.75) is 12.5 Å². The van der Waals surface area contributed by atoms with Crippen LogP contribution in [0.25, 0.3) is 0 Å². The van der Waals surface area contributed by atoms with E-state index in [9.17, 15) is 14.9 Å². The minimum Gasteiger partial charge on any atom is -0.372 e. The van der Waals surface area contributed by atoms with Crippen LogP contribution in [-0.2, 0) is 4.74 Å². The Balaban J connectivity index is 2.25. The van der Waals surface area contributed by atoms with Crippen LogP contribution in [0.2, 0.25) is 0 Å². The summed E-state index contributed by atoms with van der Waals surface area (Å²) in [5.74, 6) is -0.339. The first-order valence-corrected chi connectivity index (χ1v) is 7.04. The van der Waals surface area contributed by atoms with Gasteiger partial charge in [0.2, 0.25) is 0 Å². The number of non-ortho nitro benzene ring substituents is 1. The monoisotopic (exact) mass is 305 g/mol. The SMILES string of the molecule is C=CCOC1CCN(c2ccc([N+](=O)[O-])cc2C(=O)NC)C1. The summed E-state index contributed by atoms with van der Waals surface area (Å²) in [5.41, 5.74) is 0.900. The average Bonchev–Trinajstić information content (AvgIpc) is 3.00. The van der Waals surface area contributed by atoms with Crippen molar-refractivity contribution in [3.8, 4) is 0 Å². The summed E-state index contributed by atoms with van der Waals surface area (Å²) in [4.78, 5) is 24.4. The van der Waals surface area contributed by atoms with E-state index in [4.69, 9.17) is 4.74 Å². The fraction of sp³-hybridized carbons (Fsp3) is 0.400. The van der Waals surface area contributed by atoms with E-state index < -0.39 is 4.92 Å². The van der Waals surface area contributed by atoms with Crippen LogP contribution in [0.3, 0.4) is 0 Å². The van der Waals surface area contributed by atoms with E-state index >= 15 is 0 Å². The lowest BCUT2D eigenvalue weighted by Crippen LogP contribution is -2.27. The lowest BCUT2D eigenvalue weighted by molar-refractivity contribution is -0.384. The number of ether oxygens (including phenoxy) is 1. The number of carbonyl (C=O) groups is 1. The zero-order valence-electron chi connectivity index (χ0n) is 12.4. The Hall–Kier alpha value is -2.41. The maximum atomic E-state index is 12.0. The fourth-order valence-corrected chi connectivity index (χ4v) is 2.52. The normalized spacial score (nSPS) is 17.3. The fourth-order valence-electron chi connectivity index (χ4n) is 2.52. The predicted octanol–water partition coefficient (Wildman–Crippen LogP) is 1.74. The molecule has 1 amide bonds. The van der Waals surface area contributed by atoms with Crippen molar-refractivity contribution in [2.75, 3.05) is 31.6 Å². The number of nitro benzene ring substituents is 1. The van der Waals surface area contributed by atoms with E-state index in [0.717, 1.165) is 13.0 Å². The van der Waals surface area contributed by atoms with Gasteiger partial charge in [-0.1, -0.05) is 6.08 Å². The van der Waals surface area contributed by atoms with Gasteiger partial charge in [0.1, 0.15) is 0 Å². The third-order valence-electron chi connectivity index (χ3n) is 3.60. The van der Waals surface area contributed by atoms with E-state index in [0.29, 0.717) is 24.4 Å². The molecule has 1 aromatic rings. The third kappa shape index (κ3) is 3.43. The number of nitrogens with zero attached hydrogens (tertiary/aromatic N) is 2. The third-order valence-corrected chi connectivity index (χ3v) is 3.60. The number of nitrogens with one attached hydrogen (secondary N) is 1. The van der Waals surface area contributed by atoms with Crippen LogP contribution in [0, 0.1) is 10.1 Å². The second kappa shape index (κ2) is 7.04. The number of anilines is 1. The minimum absolute atomic E-state index is 0.0747. The molecule has 0 spiro atoms. The molecule has 1 heterocycles. The number of benzene rings is 1. The second-order valence-corrected chi connectivity index (χ2v) is 5.02. The molecule has 1 atom stereocenters. The maximum Gasteiger partial charge on any atom is 0.270 e. The van der Waals surface area contributed by atoms with E-state index in [2.05, 4.69) is 11.9 Å². The Morgan fingerprint density at radius 2 is 2.41 bits per heavy atom. The number of hydrogen-bond donors (Lipinski definition) is 1. The molecule has 2 rings (SSSR count). The number of carbonyl (C=O) groups excluding carboxylic acids is 1. The van der Waals surface area contributed by atoms with Crippen molar-refractivity contribution in [1.29, 1.82) is 0 Å². The first-order valence-electron chi connectivity index (χ1n) is 7.04. The summed E-state index contributed by atoms with van der Waals surface area (Å²) in [6, 6.07) is 4.35. The number of nitro groups is 1.